The minimum atomic E-state index is -4.21. The Hall–Kier alpha value is -1.34. The smallest absolute Gasteiger partial charge is 0.294 e. The molecular formula is C21H27NO3S2. The first kappa shape index (κ1) is 20.4. The van der Waals surface area contributed by atoms with Gasteiger partial charge in [-0.1, -0.05) is 63.1 Å². The minimum Gasteiger partial charge on any atom is -0.300 e. The molecule has 27 heavy (non-hydrogen) atoms. The maximum absolute atomic E-state index is 11.6. The average molecular weight is 406 g/mol. The molecule has 2 aromatic carbocycles. The summed E-state index contributed by atoms with van der Waals surface area (Å²) in [5, 5.41) is 3.91. The van der Waals surface area contributed by atoms with Gasteiger partial charge in [-0.25, -0.2) is 0 Å². The van der Waals surface area contributed by atoms with Gasteiger partial charge in [0.2, 0.25) is 0 Å². The third-order valence-electron chi connectivity index (χ3n) is 5.37. The van der Waals surface area contributed by atoms with E-state index in [-0.39, 0.29) is 16.5 Å². The van der Waals surface area contributed by atoms with Crippen LogP contribution in [0, 0.1) is 0 Å². The highest BCUT2D eigenvalue weighted by molar-refractivity contribution is 7.99. The van der Waals surface area contributed by atoms with Gasteiger partial charge in [0, 0.05) is 16.2 Å². The topological polar surface area (TPSA) is 66.4 Å². The monoisotopic (exact) mass is 405 g/mol. The molecule has 0 aromatic heterocycles. The number of fused-ring (bicyclic) bond motifs is 1. The first-order valence-electron chi connectivity index (χ1n) is 9.45. The van der Waals surface area contributed by atoms with Crippen molar-refractivity contribution in [3.63, 3.8) is 0 Å². The van der Waals surface area contributed by atoms with E-state index in [1.54, 1.807) is 17.8 Å². The van der Waals surface area contributed by atoms with Gasteiger partial charge in [-0.15, -0.1) is 11.8 Å². The number of hydrogen-bond donors (Lipinski definition) is 2. The van der Waals surface area contributed by atoms with Crippen molar-refractivity contribution in [1.29, 1.82) is 0 Å². The summed E-state index contributed by atoms with van der Waals surface area (Å²) < 4.78 is 32.7. The second-order valence-electron chi connectivity index (χ2n) is 7.19. The second kappa shape index (κ2) is 8.35. The lowest BCUT2D eigenvalue weighted by Crippen LogP contribution is -2.48. The van der Waals surface area contributed by atoms with E-state index >= 15 is 0 Å². The Morgan fingerprint density at radius 1 is 1.19 bits per heavy atom. The molecule has 1 heterocycles. The number of hydrogen-bond acceptors (Lipinski definition) is 4. The van der Waals surface area contributed by atoms with Crippen LogP contribution in [0.3, 0.4) is 0 Å². The molecule has 2 atom stereocenters. The molecule has 6 heteroatoms. The van der Waals surface area contributed by atoms with Crippen LogP contribution in [-0.2, 0) is 10.1 Å². The van der Waals surface area contributed by atoms with Crippen molar-refractivity contribution in [2.75, 3.05) is 5.75 Å². The summed E-state index contributed by atoms with van der Waals surface area (Å²) in [6.45, 7) is 4.42. The number of rotatable bonds is 6. The van der Waals surface area contributed by atoms with Gasteiger partial charge >= 0.3 is 0 Å². The highest BCUT2D eigenvalue weighted by Crippen LogP contribution is 2.41. The summed E-state index contributed by atoms with van der Waals surface area (Å²) >= 11 is 1.68. The molecule has 146 valence electrons. The molecule has 1 aliphatic heterocycles. The van der Waals surface area contributed by atoms with Crippen LogP contribution in [-0.4, -0.2) is 24.3 Å². The molecule has 0 saturated carbocycles. The van der Waals surface area contributed by atoms with Crippen molar-refractivity contribution in [1.82, 2.24) is 5.32 Å². The van der Waals surface area contributed by atoms with Crippen molar-refractivity contribution < 1.29 is 13.0 Å². The van der Waals surface area contributed by atoms with E-state index in [2.05, 4.69) is 31.3 Å². The number of unbranched alkanes of at least 4 members (excludes halogenated alkanes) is 1. The molecule has 0 aliphatic carbocycles. The lowest BCUT2D eigenvalue weighted by molar-refractivity contribution is 0.298. The zero-order chi connectivity index (χ0) is 19.5. The zero-order valence-corrected chi connectivity index (χ0v) is 17.4. The van der Waals surface area contributed by atoms with Crippen molar-refractivity contribution in [2.24, 2.45) is 0 Å². The molecule has 0 unspecified atom stereocenters. The minimum absolute atomic E-state index is 0.0107. The van der Waals surface area contributed by atoms with E-state index in [9.17, 15) is 13.0 Å². The maximum Gasteiger partial charge on any atom is 0.294 e. The molecule has 0 bridgehead atoms. The van der Waals surface area contributed by atoms with E-state index in [1.807, 2.05) is 24.3 Å². The molecule has 0 fully saturated rings. The highest BCUT2D eigenvalue weighted by atomic mass is 32.2. The molecule has 1 aliphatic rings. The van der Waals surface area contributed by atoms with E-state index < -0.39 is 10.1 Å². The van der Waals surface area contributed by atoms with E-state index in [1.165, 1.54) is 6.07 Å². The van der Waals surface area contributed by atoms with Crippen molar-refractivity contribution in [2.45, 2.75) is 60.9 Å². The molecular weight excluding hydrogens is 378 g/mol. The molecule has 3 rings (SSSR count). The lowest BCUT2D eigenvalue weighted by Gasteiger charge is -2.36. The normalized spacial score (nSPS) is 22.9. The summed E-state index contributed by atoms with van der Waals surface area (Å²) in [7, 11) is -4.21. The fourth-order valence-electron chi connectivity index (χ4n) is 3.63. The summed E-state index contributed by atoms with van der Waals surface area (Å²) in [6, 6.07) is 15.2. The van der Waals surface area contributed by atoms with Gasteiger partial charge in [-0.3, -0.25) is 9.87 Å². The van der Waals surface area contributed by atoms with E-state index in [0.717, 1.165) is 47.5 Å². The van der Waals surface area contributed by atoms with Crippen LogP contribution >= 0.6 is 11.8 Å². The van der Waals surface area contributed by atoms with Crippen molar-refractivity contribution >= 4 is 21.9 Å². The van der Waals surface area contributed by atoms with E-state index in [4.69, 9.17) is 0 Å². The van der Waals surface area contributed by atoms with Gasteiger partial charge in [0.15, 0.2) is 0 Å². The van der Waals surface area contributed by atoms with Crippen LogP contribution in [0.2, 0.25) is 0 Å². The third kappa shape index (κ3) is 4.57. The Labute approximate surface area is 166 Å². The Morgan fingerprint density at radius 3 is 2.56 bits per heavy atom. The van der Waals surface area contributed by atoms with Crippen LogP contribution in [0.4, 0.5) is 0 Å². The van der Waals surface area contributed by atoms with Gasteiger partial charge in [0.25, 0.3) is 10.1 Å². The van der Waals surface area contributed by atoms with Crippen molar-refractivity contribution in [3.8, 4) is 0 Å². The molecule has 2 aromatic rings. The average Bonchev–Trinajstić information content (AvgIpc) is 2.84. The Morgan fingerprint density at radius 2 is 1.93 bits per heavy atom. The standard InChI is InChI=1S/C21H27NO3S2/c1-3-5-13-21(4-2)15-26-19-14-17(27(23,24)25)11-12-18(19)20(22-21)16-9-7-6-8-10-16/h6-12,14,20,22H,3-5,13,15H2,1-2H3,(H,23,24,25)/t20-,21+/m0/s1. The molecule has 4 nitrogen and oxygen atoms in total. The number of thioether (sulfide) groups is 1. The second-order valence-corrected chi connectivity index (χ2v) is 9.63. The van der Waals surface area contributed by atoms with Gasteiger partial charge in [-0.05, 0) is 36.1 Å². The zero-order valence-electron chi connectivity index (χ0n) is 15.8. The Bertz CT molecular complexity index is 884. The van der Waals surface area contributed by atoms with Gasteiger partial charge in [-0.2, -0.15) is 8.42 Å². The van der Waals surface area contributed by atoms with Crippen LogP contribution in [0.25, 0.3) is 0 Å². The number of nitrogens with one attached hydrogen (secondary N) is 1. The summed E-state index contributed by atoms with van der Waals surface area (Å²) in [5.41, 5.74) is 2.21. The fraction of sp³-hybridized carbons (Fsp3) is 0.429. The predicted molar refractivity (Wildman–Crippen MR) is 111 cm³/mol. The first-order valence-corrected chi connectivity index (χ1v) is 11.9. The SMILES string of the molecule is CCCC[C@]1(CC)CSc2cc(S(=O)(=O)O)ccc2[C@H](c2ccccc2)N1. The molecule has 2 N–H and O–H groups in total. The third-order valence-corrected chi connectivity index (χ3v) is 7.58. The largest absolute Gasteiger partial charge is 0.300 e. The predicted octanol–water partition coefficient (Wildman–Crippen LogP) is 5.06. The van der Waals surface area contributed by atoms with Gasteiger partial charge < -0.3 is 0 Å². The van der Waals surface area contributed by atoms with Crippen LogP contribution in [0.5, 0.6) is 0 Å². The lowest BCUT2D eigenvalue weighted by atomic mass is 9.88. The van der Waals surface area contributed by atoms with E-state index in [0.29, 0.717) is 0 Å². The van der Waals surface area contributed by atoms with Gasteiger partial charge in [0.1, 0.15) is 0 Å². The summed E-state index contributed by atoms with van der Waals surface area (Å²) in [6.07, 6.45) is 4.37. The quantitative estimate of drug-likeness (QED) is 0.658. The van der Waals surface area contributed by atoms with Crippen LogP contribution < -0.4 is 5.32 Å². The maximum atomic E-state index is 11.6. The summed E-state index contributed by atoms with van der Waals surface area (Å²) in [5.74, 6) is 0.870. The fourth-order valence-corrected chi connectivity index (χ4v) is 5.64. The highest BCUT2D eigenvalue weighted by Gasteiger charge is 2.35. The van der Waals surface area contributed by atoms with Crippen molar-refractivity contribution in [3.05, 3.63) is 59.7 Å². The Balaban J connectivity index is 2.10. The number of benzene rings is 2. The Kier molecular flexibility index (Phi) is 6.31. The molecule has 0 saturated heterocycles. The molecule has 0 amide bonds. The summed E-state index contributed by atoms with van der Waals surface area (Å²) in [4.78, 5) is 0.872. The first-order chi connectivity index (χ1) is 12.9. The van der Waals surface area contributed by atoms with Crippen LogP contribution in [0.15, 0.2) is 58.3 Å². The van der Waals surface area contributed by atoms with Gasteiger partial charge in [0.05, 0.1) is 10.9 Å². The molecule has 0 radical (unpaired) electrons. The van der Waals surface area contributed by atoms with Crippen LogP contribution in [0.1, 0.15) is 56.7 Å². The molecule has 0 spiro atoms.